The molecule has 0 saturated carbocycles. The van der Waals surface area contributed by atoms with Crippen molar-refractivity contribution in [1.29, 1.82) is 0 Å². The Morgan fingerprint density at radius 3 is 2.32 bits per heavy atom. The van der Waals surface area contributed by atoms with Gasteiger partial charge in [-0.05, 0) is 33.3 Å². The molecule has 1 aromatic carbocycles. The Labute approximate surface area is 165 Å². The Balaban J connectivity index is 1.76. The van der Waals surface area contributed by atoms with Gasteiger partial charge in [0.25, 0.3) is 0 Å². The summed E-state index contributed by atoms with van der Waals surface area (Å²) in [7, 11) is 0. The summed E-state index contributed by atoms with van der Waals surface area (Å²) in [5, 5.41) is 0. The molecule has 1 atom stereocenters. The standard InChI is InChI=1S/C21H29FN2O4/c1-5-27-17(25)21(22)15-23(11-16-9-7-6-8-10-16)12-20(21)13-24(14-20)18(26)28-19(2,3)4/h6-10H,5,11-15H2,1-4H3. The summed E-state index contributed by atoms with van der Waals surface area (Å²) in [4.78, 5) is 28.2. The Morgan fingerprint density at radius 1 is 1.11 bits per heavy atom. The van der Waals surface area contributed by atoms with E-state index in [-0.39, 0.29) is 26.2 Å². The molecule has 2 aliphatic rings. The van der Waals surface area contributed by atoms with Crippen molar-refractivity contribution in [3.05, 3.63) is 35.9 Å². The van der Waals surface area contributed by atoms with E-state index in [0.717, 1.165) is 5.56 Å². The van der Waals surface area contributed by atoms with Crippen LogP contribution >= 0.6 is 0 Å². The van der Waals surface area contributed by atoms with Gasteiger partial charge in [-0.25, -0.2) is 14.0 Å². The highest BCUT2D eigenvalue weighted by atomic mass is 19.1. The lowest BCUT2D eigenvalue weighted by Crippen LogP contribution is -2.69. The van der Waals surface area contributed by atoms with E-state index in [4.69, 9.17) is 9.47 Å². The van der Waals surface area contributed by atoms with Crippen molar-refractivity contribution in [2.24, 2.45) is 5.41 Å². The molecule has 2 saturated heterocycles. The van der Waals surface area contributed by atoms with Crippen molar-refractivity contribution in [3.8, 4) is 0 Å². The molecule has 6 nitrogen and oxygen atoms in total. The third-order valence-electron chi connectivity index (χ3n) is 5.30. The van der Waals surface area contributed by atoms with Gasteiger partial charge < -0.3 is 14.4 Å². The fourth-order valence-electron chi connectivity index (χ4n) is 4.06. The zero-order valence-corrected chi connectivity index (χ0v) is 17.0. The number of carbonyl (C=O) groups excluding carboxylic acids is 2. The van der Waals surface area contributed by atoms with Gasteiger partial charge >= 0.3 is 12.1 Å². The van der Waals surface area contributed by atoms with Crippen molar-refractivity contribution < 1.29 is 23.5 Å². The van der Waals surface area contributed by atoms with E-state index >= 15 is 4.39 Å². The van der Waals surface area contributed by atoms with Gasteiger partial charge in [0.2, 0.25) is 5.67 Å². The van der Waals surface area contributed by atoms with Crippen molar-refractivity contribution in [2.45, 2.75) is 45.5 Å². The summed E-state index contributed by atoms with van der Waals surface area (Å²) < 4.78 is 26.5. The highest BCUT2D eigenvalue weighted by Crippen LogP contribution is 2.50. The molecular weight excluding hydrogens is 363 g/mol. The lowest BCUT2D eigenvalue weighted by molar-refractivity contribution is -0.173. The normalized spacial score (nSPS) is 24.1. The molecule has 0 aromatic heterocycles. The van der Waals surface area contributed by atoms with E-state index in [1.54, 1.807) is 27.7 Å². The number of likely N-dealkylation sites (tertiary alicyclic amines) is 2. The van der Waals surface area contributed by atoms with Crippen molar-refractivity contribution in [3.63, 3.8) is 0 Å². The van der Waals surface area contributed by atoms with Crippen molar-refractivity contribution in [1.82, 2.24) is 9.80 Å². The van der Waals surface area contributed by atoms with Crippen molar-refractivity contribution >= 4 is 12.1 Å². The minimum absolute atomic E-state index is 0.0388. The number of carbonyl (C=O) groups is 2. The fourth-order valence-corrected chi connectivity index (χ4v) is 4.06. The smallest absolute Gasteiger partial charge is 0.410 e. The lowest BCUT2D eigenvalue weighted by atomic mass is 9.69. The molecule has 3 rings (SSSR count). The van der Waals surface area contributed by atoms with Crippen LogP contribution in [0, 0.1) is 5.41 Å². The van der Waals surface area contributed by atoms with Crippen LogP contribution in [0.4, 0.5) is 9.18 Å². The molecule has 0 bridgehead atoms. The van der Waals surface area contributed by atoms with Gasteiger partial charge in [-0.15, -0.1) is 0 Å². The highest BCUT2D eigenvalue weighted by molar-refractivity contribution is 5.83. The van der Waals surface area contributed by atoms with E-state index in [2.05, 4.69) is 0 Å². The summed E-state index contributed by atoms with van der Waals surface area (Å²) in [6.07, 6.45) is -0.481. The second-order valence-electron chi connectivity index (χ2n) is 8.77. The average molecular weight is 392 g/mol. The largest absolute Gasteiger partial charge is 0.464 e. The maximum atomic E-state index is 16.0. The van der Waals surface area contributed by atoms with Gasteiger partial charge in [-0.3, -0.25) is 4.90 Å². The van der Waals surface area contributed by atoms with E-state index < -0.39 is 28.7 Å². The highest BCUT2D eigenvalue weighted by Gasteiger charge is 2.69. The number of amides is 1. The summed E-state index contributed by atoms with van der Waals surface area (Å²) >= 11 is 0. The molecule has 0 aliphatic carbocycles. The van der Waals surface area contributed by atoms with Gasteiger partial charge in [0.15, 0.2) is 0 Å². The van der Waals surface area contributed by atoms with Crippen LogP contribution in [-0.2, 0) is 20.8 Å². The van der Waals surface area contributed by atoms with Crippen LogP contribution in [0.15, 0.2) is 30.3 Å². The first-order chi connectivity index (χ1) is 13.1. The number of hydrogen-bond acceptors (Lipinski definition) is 5. The maximum Gasteiger partial charge on any atom is 0.410 e. The minimum atomic E-state index is -2.14. The molecule has 1 unspecified atom stereocenters. The zero-order valence-electron chi connectivity index (χ0n) is 17.0. The topological polar surface area (TPSA) is 59.1 Å². The number of ether oxygens (including phenoxy) is 2. The third-order valence-corrected chi connectivity index (χ3v) is 5.30. The number of rotatable bonds is 4. The maximum absolute atomic E-state index is 16.0. The molecule has 7 heteroatoms. The summed E-state index contributed by atoms with van der Waals surface area (Å²) in [6, 6.07) is 9.75. The molecule has 28 heavy (non-hydrogen) atoms. The van der Waals surface area contributed by atoms with Gasteiger partial charge in [0, 0.05) is 32.7 Å². The predicted octanol–water partition coefficient (Wildman–Crippen LogP) is 3.01. The van der Waals surface area contributed by atoms with E-state index in [9.17, 15) is 9.59 Å². The first-order valence-corrected chi connectivity index (χ1v) is 9.69. The van der Waals surface area contributed by atoms with Crippen LogP contribution in [-0.4, -0.2) is 65.9 Å². The zero-order chi connectivity index (χ0) is 20.6. The molecule has 154 valence electrons. The number of halogens is 1. The van der Waals surface area contributed by atoms with Crippen LogP contribution in [0.2, 0.25) is 0 Å². The second-order valence-corrected chi connectivity index (χ2v) is 8.77. The Bertz CT molecular complexity index is 728. The first kappa shape index (κ1) is 20.6. The number of alkyl halides is 1. The van der Waals surface area contributed by atoms with Crippen LogP contribution in [0.25, 0.3) is 0 Å². The Hall–Kier alpha value is -2.15. The van der Waals surface area contributed by atoms with Crippen LogP contribution < -0.4 is 0 Å². The van der Waals surface area contributed by atoms with Crippen LogP contribution in [0.1, 0.15) is 33.3 Å². The Morgan fingerprint density at radius 2 is 1.75 bits per heavy atom. The van der Waals surface area contributed by atoms with Gasteiger partial charge in [0.1, 0.15) is 5.60 Å². The summed E-state index contributed by atoms with van der Waals surface area (Å²) in [5.41, 5.74) is -2.68. The number of esters is 1. The lowest BCUT2D eigenvalue weighted by Gasteiger charge is -2.51. The quantitative estimate of drug-likeness (QED) is 0.738. The summed E-state index contributed by atoms with van der Waals surface area (Å²) in [5.74, 6) is -0.839. The predicted molar refractivity (Wildman–Crippen MR) is 102 cm³/mol. The molecule has 0 radical (unpaired) electrons. The molecule has 0 N–H and O–H groups in total. The molecular formula is C21H29FN2O4. The van der Waals surface area contributed by atoms with Gasteiger partial charge in [-0.2, -0.15) is 0 Å². The second kappa shape index (κ2) is 7.35. The minimum Gasteiger partial charge on any atom is -0.464 e. The molecule has 1 amide bonds. The van der Waals surface area contributed by atoms with E-state index in [0.29, 0.717) is 13.1 Å². The average Bonchev–Trinajstić information content (AvgIpc) is 2.86. The molecule has 2 heterocycles. The summed E-state index contributed by atoms with van der Waals surface area (Å²) in [6.45, 7) is 8.32. The van der Waals surface area contributed by atoms with Crippen LogP contribution in [0.5, 0.6) is 0 Å². The number of benzene rings is 1. The molecule has 1 aromatic rings. The molecule has 2 fully saturated rings. The molecule has 1 spiro atoms. The molecule has 2 aliphatic heterocycles. The number of nitrogens with zero attached hydrogens (tertiary/aromatic N) is 2. The SMILES string of the molecule is CCOC(=O)C1(F)CN(Cc2ccccc2)CC12CN(C(=O)OC(C)(C)C)C2. The van der Waals surface area contributed by atoms with Crippen LogP contribution in [0.3, 0.4) is 0 Å². The monoisotopic (exact) mass is 392 g/mol. The van der Waals surface area contributed by atoms with Gasteiger partial charge in [-0.1, -0.05) is 30.3 Å². The van der Waals surface area contributed by atoms with Gasteiger partial charge in [0.05, 0.1) is 12.0 Å². The van der Waals surface area contributed by atoms with Crippen molar-refractivity contribution in [2.75, 3.05) is 32.8 Å². The van der Waals surface area contributed by atoms with E-state index in [1.165, 1.54) is 4.90 Å². The first-order valence-electron chi connectivity index (χ1n) is 9.69. The number of hydrogen-bond donors (Lipinski definition) is 0. The van der Waals surface area contributed by atoms with E-state index in [1.807, 2.05) is 35.2 Å². The fraction of sp³-hybridized carbons (Fsp3) is 0.619. The Kier molecular flexibility index (Phi) is 5.40. The third kappa shape index (κ3) is 3.85.